The fraction of sp³-hybridized carbons (Fsp3) is 0.286. The summed E-state index contributed by atoms with van der Waals surface area (Å²) in [6.07, 6.45) is 6.75. The van der Waals surface area contributed by atoms with Gasteiger partial charge in [0.2, 0.25) is 0 Å². The highest BCUT2D eigenvalue weighted by molar-refractivity contribution is 5.87. The molecule has 1 aromatic carbocycles. The summed E-state index contributed by atoms with van der Waals surface area (Å²) in [5.74, 6) is 0.471. The average Bonchev–Trinajstić information content (AvgIpc) is 2.91. The third-order valence-electron chi connectivity index (χ3n) is 3.66. The molecule has 1 aromatic heterocycles. The number of imidazole rings is 1. The number of amides is 2. The molecule has 0 aliphatic heterocycles. The van der Waals surface area contributed by atoms with Crippen LogP contribution in [0.5, 0.6) is 0 Å². The van der Waals surface area contributed by atoms with Gasteiger partial charge in [-0.05, 0) is 42.5 Å². The van der Waals surface area contributed by atoms with Crippen molar-refractivity contribution in [1.29, 1.82) is 0 Å². The van der Waals surface area contributed by atoms with E-state index in [9.17, 15) is 4.79 Å². The number of aromatic amines is 1. The SMILES string of the molecule is NC(=O)Nc1ccc2c(c1)CC(c1cnc[nH]1)CC2. The van der Waals surface area contributed by atoms with Crippen LogP contribution in [-0.2, 0) is 12.8 Å². The summed E-state index contributed by atoms with van der Waals surface area (Å²) in [4.78, 5) is 18.2. The number of H-pyrrole nitrogens is 1. The molecule has 1 aliphatic carbocycles. The number of nitrogens with two attached hydrogens (primary N) is 1. The van der Waals surface area contributed by atoms with E-state index in [1.807, 2.05) is 18.3 Å². The van der Waals surface area contributed by atoms with E-state index >= 15 is 0 Å². The molecule has 0 saturated carbocycles. The monoisotopic (exact) mass is 256 g/mol. The number of hydrogen-bond donors (Lipinski definition) is 3. The third-order valence-corrected chi connectivity index (χ3v) is 3.66. The largest absolute Gasteiger partial charge is 0.351 e. The lowest BCUT2D eigenvalue weighted by atomic mass is 9.82. The number of anilines is 1. The van der Waals surface area contributed by atoms with Gasteiger partial charge in [-0.2, -0.15) is 0 Å². The van der Waals surface area contributed by atoms with Crippen LogP contribution < -0.4 is 11.1 Å². The number of fused-ring (bicyclic) bond motifs is 1. The van der Waals surface area contributed by atoms with Crippen LogP contribution in [0.4, 0.5) is 10.5 Å². The second-order valence-corrected chi connectivity index (χ2v) is 4.92. The quantitative estimate of drug-likeness (QED) is 0.769. The number of benzene rings is 1. The maximum atomic E-state index is 10.9. The van der Waals surface area contributed by atoms with E-state index < -0.39 is 6.03 Å². The lowest BCUT2D eigenvalue weighted by Crippen LogP contribution is -2.20. The molecule has 1 heterocycles. The molecule has 0 radical (unpaired) electrons. The summed E-state index contributed by atoms with van der Waals surface area (Å²) in [7, 11) is 0. The van der Waals surface area contributed by atoms with Gasteiger partial charge >= 0.3 is 6.03 Å². The van der Waals surface area contributed by atoms with Gasteiger partial charge in [0, 0.05) is 23.5 Å². The number of aryl methyl sites for hydroxylation is 1. The van der Waals surface area contributed by atoms with E-state index in [0.717, 1.165) is 24.9 Å². The van der Waals surface area contributed by atoms with E-state index in [0.29, 0.717) is 5.92 Å². The van der Waals surface area contributed by atoms with Crippen molar-refractivity contribution in [3.8, 4) is 0 Å². The maximum absolute atomic E-state index is 10.9. The lowest BCUT2D eigenvalue weighted by Gasteiger charge is -2.24. The molecule has 5 nitrogen and oxygen atoms in total. The molecule has 19 heavy (non-hydrogen) atoms. The first-order valence-electron chi connectivity index (χ1n) is 6.39. The molecule has 0 spiro atoms. The average molecular weight is 256 g/mol. The number of aromatic nitrogens is 2. The van der Waals surface area contributed by atoms with E-state index in [1.54, 1.807) is 6.33 Å². The Morgan fingerprint density at radius 1 is 1.42 bits per heavy atom. The zero-order chi connectivity index (χ0) is 13.2. The number of carbonyl (C=O) groups excluding carboxylic acids is 1. The van der Waals surface area contributed by atoms with E-state index in [1.165, 1.54) is 16.8 Å². The summed E-state index contributed by atoms with van der Waals surface area (Å²) in [6, 6.07) is 5.47. The van der Waals surface area contributed by atoms with Crippen molar-refractivity contribution in [3.05, 3.63) is 47.5 Å². The number of carbonyl (C=O) groups is 1. The van der Waals surface area contributed by atoms with Crippen LogP contribution in [0.3, 0.4) is 0 Å². The first-order chi connectivity index (χ1) is 9.22. The molecule has 2 aromatic rings. The third kappa shape index (κ3) is 2.45. The minimum atomic E-state index is -0.527. The van der Waals surface area contributed by atoms with E-state index in [2.05, 4.69) is 21.4 Å². The number of rotatable bonds is 2. The fourth-order valence-corrected chi connectivity index (χ4v) is 2.73. The molecule has 98 valence electrons. The van der Waals surface area contributed by atoms with Crippen LogP contribution in [0.15, 0.2) is 30.7 Å². The number of nitrogens with zero attached hydrogens (tertiary/aromatic N) is 1. The Morgan fingerprint density at radius 3 is 3.05 bits per heavy atom. The van der Waals surface area contributed by atoms with Crippen molar-refractivity contribution in [2.45, 2.75) is 25.2 Å². The summed E-state index contributed by atoms with van der Waals surface area (Å²) in [5, 5.41) is 2.62. The standard InChI is InChI=1S/C14H16N4O/c15-14(19)18-12-4-3-9-1-2-10(5-11(9)6-12)13-7-16-8-17-13/h3-4,6-8,10H,1-2,5H2,(H,16,17)(H3,15,18,19). The van der Waals surface area contributed by atoms with Gasteiger partial charge < -0.3 is 16.0 Å². The van der Waals surface area contributed by atoms with Gasteiger partial charge in [-0.3, -0.25) is 0 Å². The minimum absolute atomic E-state index is 0.471. The topological polar surface area (TPSA) is 83.8 Å². The summed E-state index contributed by atoms with van der Waals surface area (Å²) in [6.45, 7) is 0. The van der Waals surface area contributed by atoms with Crippen molar-refractivity contribution in [3.63, 3.8) is 0 Å². The smallest absolute Gasteiger partial charge is 0.316 e. The van der Waals surface area contributed by atoms with Crippen LogP contribution >= 0.6 is 0 Å². The number of primary amides is 1. The summed E-state index contributed by atoms with van der Waals surface area (Å²) in [5.41, 5.74) is 9.71. The predicted molar refractivity (Wildman–Crippen MR) is 73.0 cm³/mol. The number of nitrogens with one attached hydrogen (secondary N) is 2. The first kappa shape index (κ1) is 11.8. The van der Waals surface area contributed by atoms with Gasteiger partial charge in [-0.25, -0.2) is 9.78 Å². The second kappa shape index (κ2) is 4.76. The zero-order valence-corrected chi connectivity index (χ0v) is 10.5. The molecular formula is C14H16N4O. The van der Waals surface area contributed by atoms with Crippen LogP contribution in [0.25, 0.3) is 0 Å². The summed E-state index contributed by atoms with van der Waals surface area (Å²) < 4.78 is 0. The molecule has 2 amide bonds. The van der Waals surface area contributed by atoms with Gasteiger partial charge in [0.15, 0.2) is 0 Å². The summed E-state index contributed by atoms with van der Waals surface area (Å²) >= 11 is 0. The molecule has 1 unspecified atom stereocenters. The molecule has 3 rings (SSSR count). The zero-order valence-electron chi connectivity index (χ0n) is 10.5. The molecule has 4 N–H and O–H groups in total. The highest BCUT2D eigenvalue weighted by Crippen LogP contribution is 2.32. The molecule has 0 bridgehead atoms. The molecule has 1 aliphatic rings. The van der Waals surface area contributed by atoms with Gasteiger partial charge in [0.05, 0.1) is 6.33 Å². The highest BCUT2D eigenvalue weighted by Gasteiger charge is 2.21. The Morgan fingerprint density at radius 2 is 2.32 bits per heavy atom. The Balaban J connectivity index is 1.84. The van der Waals surface area contributed by atoms with Crippen LogP contribution in [0.1, 0.15) is 29.2 Å². The molecule has 0 fully saturated rings. The molecular weight excluding hydrogens is 240 g/mol. The van der Waals surface area contributed by atoms with E-state index in [4.69, 9.17) is 5.73 Å². The van der Waals surface area contributed by atoms with Crippen molar-refractivity contribution < 1.29 is 4.79 Å². The lowest BCUT2D eigenvalue weighted by molar-refractivity contribution is 0.259. The maximum Gasteiger partial charge on any atom is 0.316 e. The van der Waals surface area contributed by atoms with Crippen molar-refractivity contribution in [2.75, 3.05) is 5.32 Å². The van der Waals surface area contributed by atoms with Crippen molar-refractivity contribution >= 4 is 11.7 Å². The fourth-order valence-electron chi connectivity index (χ4n) is 2.73. The highest BCUT2D eigenvalue weighted by atomic mass is 16.2. The van der Waals surface area contributed by atoms with Gasteiger partial charge in [0.25, 0.3) is 0 Å². The number of hydrogen-bond acceptors (Lipinski definition) is 2. The van der Waals surface area contributed by atoms with Crippen molar-refractivity contribution in [2.24, 2.45) is 5.73 Å². The van der Waals surface area contributed by atoms with Gasteiger partial charge in [0.1, 0.15) is 0 Å². The predicted octanol–water partition coefficient (Wildman–Crippen LogP) is 2.17. The molecule has 0 saturated heterocycles. The van der Waals surface area contributed by atoms with Gasteiger partial charge in [-0.1, -0.05) is 6.07 Å². The Hall–Kier alpha value is -2.30. The van der Waals surface area contributed by atoms with Crippen LogP contribution in [-0.4, -0.2) is 16.0 Å². The van der Waals surface area contributed by atoms with E-state index in [-0.39, 0.29) is 0 Å². The second-order valence-electron chi connectivity index (χ2n) is 4.92. The molecule has 5 heteroatoms. The number of urea groups is 1. The van der Waals surface area contributed by atoms with Crippen LogP contribution in [0, 0.1) is 0 Å². The minimum Gasteiger partial charge on any atom is -0.351 e. The Kier molecular flexibility index (Phi) is 2.95. The van der Waals surface area contributed by atoms with Crippen molar-refractivity contribution in [1.82, 2.24) is 9.97 Å². The van der Waals surface area contributed by atoms with Crippen LogP contribution in [0.2, 0.25) is 0 Å². The normalized spacial score (nSPS) is 17.8. The first-order valence-corrected chi connectivity index (χ1v) is 6.39. The van der Waals surface area contributed by atoms with Gasteiger partial charge in [-0.15, -0.1) is 0 Å². The Bertz CT molecular complexity index is 591. The molecule has 1 atom stereocenters. The Labute approximate surface area is 111 Å².